The van der Waals surface area contributed by atoms with E-state index in [0.717, 1.165) is 28.6 Å². The molecule has 1 aliphatic carbocycles. The molecule has 40 heavy (non-hydrogen) atoms. The van der Waals surface area contributed by atoms with Crippen LogP contribution in [0.15, 0.2) is 54.2 Å². The van der Waals surface area contributed by atoms with Crippen LogP contribution in [0, 0.1) is 24.4 Å². The van der Waals surface area contributed by atoms with Gasteiger partial charge in [0.1, 0.15) is 17.3 Å². The molecule has 4 aromatic rings. The molecule has 5 rings (SSSR count). The first-order valence-electron chi connectivity index (χ1n) is 11.8. The van der Waals surface area contributed by atoms with Crippen LogP contribution < -0.4 is 10.5 Å². The fraction of sp³-hybridized carbons (Fsp3) is 0.143. The predicted octanol–water partition coefficient (Wildman–Crippen LogP) is 5.99. The summed E-state index contributed by atoms with van der Waals surface area (Å²) in [7, 11) is -3.31. The molecule has 1 aromatic heterocycles. The van der Waals surface area contributed by atoms with Crippen molar-refractivity contribution in [2.75, 3.05) is 12.0 Å². The van der Waals surface area contributed by atoms with Crippen LogP contribution in [0.25, 0.3) is 11.8 Å². The normalized spacial score (nSPS) is 12.8. The molecular formula is C28H21ClF3N3O4S. The van der Waals surface area contributed by atoms with Crippen LogP contribution >= 0.6 is 11.6 Å². The summed E-state index contributed by atoms with van der Waals surface area (Å²) in [6.45, 7) is 1.55. The third kappa shape index (κ3) is 5.22. The summed E-state index contributed by atoms with van der Waals surface area (Å²) in [4.78, 5) is 13.4. The zero-order valence-electron chi connectivity index (χ0n) is 21.1. The number of allylic oxidation sites excluding steroid dienone is 1. The first kappa shape index (κ1) is 27.5. The van der Waals surface area contributed by atoms with Crippen LogP contribution in [-0.4, -0.2) is 30.2 Å². The van der Waals surface area contributed by atoms with E-state index in [0.29, 0.717) is 22.3 Å². The lowest BCUT2D eigenvalue weighted by molar-refractivity contribution is 0.103. The Bertz CT molecular complexity index is 1830. The minimum atomic E-state index is -3.31. The maximum absolute atomic E-state index is 15.2. The SMILES string of the molecule is Cc1cc(Oc2cccc(F)c2F)cc(F)c1-n1ncc(C(=O)C2=Cc3cc(Cl)c(CS(C)(=O)=O)cc3C2)c1N. The van der Waals surface area contributed by atoms with Crippen LogP contribution in [0.5, 0.6) is 11.5 Å². The smallest absolute Gasteiger partial charge is 0.201 e. The van der Waals surface area contributed by atoms with Gasteiger partial charge in [-0.1, -0.05) is 23.7 Å². The van der Waals surface area contributed by atoms with Gasteiger partial charge < -0.3 is 10.5 Å². The van der Waals surface area contributed by atoms with E-state index in [1.54, 1.807) is 25.1 Å². The number of ketones is 1. The summed E-state index contributed by atoms with van der Waals surface area (Å²) in [6.07, 6.45) is 4.21. The number of nitrogens with zero attached hydrogens (tertiary/aromatic N) is 2. The third-order valence-electron chi connectivity index (χ3n) is 6.36. The Morgan fingerprint density at radius 2 is 1.90 bits per heavy atom. The molecule has 0 fully saturated rings. The Morgan fingerprint density at radius 1 is 1.15 bits per heavy atom. The lowest BCUT2D eigenvalue weighted by Crippen LogP contribution is -2.10. The number of sulfone groups is 1. The number of nitrogen functional groups attached to an aromatic ring is 1. The lowest BCUT2D eigenvalue weighted by atomic mass is 10.0. The van der Waals surface area contributed by atoms with E-state index in [-0.39, 0.29) is 40.0 Å². The van der Waals surface area contributed by atoms with Crippen LogP contribution in [0.1, 0.15) is 32.6 Å². The van der Waals surface area contributed by atoms with E-state index < -0.39 is 38.8 Å². The van der Waals surface area contributed by atoms with E-state index >= 15 is 4.39 Å². The van der Waals surface area contributed by atoms with Gasteiger partial charge in [0.25, 0.3) is 0 Å². The molecular weight excluding hydrogens is 567 g/mol. The van der Waals surface area contributed by atoms with E-state index in [2.05, 4.69) is 5.10 Å². The summed E-state index contributed by atoms with van der Waals surface area (Å²) >= 11 is 6.26. The molecule has 1 heterocycles. The van der Waals surface area contributed by atoms with Crippen molar-refractivity contribution in [3.8, 4) is 17.2 Å². The third-order valence-corrected chi connectivity index (χ3v) is 7.55. The van der Waals surface area contributed by atoms with Crippen molar-refractivity contribution in [2.24, 2.45) is 0 Å². The van der Waals surface area contributed by atoms with Crippen molar-refractivity contribution in [3.05, 3.63) is 105 Å². The van der Waals surface area contributed by atoms with Gasteiger partial charge in [0.05, 0.1) is 17.5 Å². The van der Waals surface area contributed by atoms with Gasteiger partial charge >= 0.3 is 0 Å². The largest absolute Gasteiger partial charge is 0.454 e. The molecule has 206 valence electrons. The molecule has 3 aromatic carbocycles. The van der Waals surface area contributed by atoms with Crippen molar-refractivity contribution in [3.63, 3.8) is 0 Å². The number of anilines is 1. The van der Waals surface area contributed by atoms with Gasteiger partial charge in [0.2, 0.25) is 5.82 Å². The van der Waals surface area contributed by atoms with E-state index in [1.165, 1.54) is 24.4 Å². The summed E-state index contributed by atoms with van der Waals surface area (Å²) in [5.74, 6) is -4.38. The zero-order valence-corrected chi connectivity index (χ0v) is 22.7. The van der Waals surface area contributed by atoms with Crippen LogP contribution in [0.3, 0.4) is 0 Å². The minimum Gasteiger partial charge on any atom is -0.454 e. The lowest BCUT2D eigenvalue weighted by Gasteiger charge is -2.13. The molecule has 0 amide bonds. The number of carbonyl (C=O) groups is 1. The number of ether oxygens (including phenoxy) is 1. The van der Waals surface area contributed by atoms with E-state index in [1.807, 2.05) is 0 Å². The van der Waals surface area contributed by atoms with E-state index in [4.69, 9.17) is 22.1 Å². The average Bonchev–Trinajstić information content (AvgIpc) is 3.44. The molecule has 0 radical (unpaired) electrons. The fourth-order valence-electron chi connectivity index (χ4n) is 4.56. The average molecular weight is 588 g/mol. The molecule has 2 N–H and O–H groups in total. The molecule has 0 unspecified atom stereocenters. The number of benzene rings is 3. The number of hydrogen-bond donors (Lipinski definition) is 1. The van der Waals surface area contributed by atoms with Crippen molar-refractivity contribution in [2.45, 2.75) is 19.1 Å². The van der Waals surface area contributed by atoms with Crippen molar-refractivity contribution in [1.29, 1.82) is 0 Å². The first-order valence-corrected chi connectivity index (χ1v) is 14.3. The number of hydrogen-bond acceptors (Lipinski definition) is 6. The Labute approximate surface area is 232 Å². The van der Waals surface area contributed by atoms with Gasteiger partial charge in [-0.3, -0.25) is 4.79 Å². The van der Waals surface area contributed by atoms with Gasteiger partial charge in [-0.25, -0.2) is 21.9 Å². The van der Waals surface area contributed by atoms with Gasteiger partial charge in [0.15, 0.2) is 33.0 Å². The van der Waals surface area contributed by atoms with Crippen LogP contribution in [0.2, 0.25) is 5.02 Å². The predicted molar refractivity (Wildman–Crippen MR) is 145 cm³/mol. The number of aryl methyl sites for hydroxylation is 1. The second kappa shape index (κ2) is 10.1. The number of Topliss-reactive ketones (excluding diaryl/α,β-unsaturated/α-hetero) is 1. The highest BCUT2D eigenvalue weighted by atomic mass is 35.5. The molecule has 0 atom stereocenters. The zero-order chi connectivity index (χ0) is 28.9. The molecule has 1 aliphatic rings. The Morgan fingerprint density at radius 3 is 2.60 bits per heavy atom. The number of aromatic nitrogens is 2. The molecule has 0 saturated carbocycles. The fourth-order valence-corrected chi connectivity index (χ4v) is 5.68. The summed E-state index contributed by atoms with van der Waals surface area (Å²) in [5.41, 5.74) is 8.78. The Balaban J connectivity index is 1.41. The minimum absolute atomic E-state index is 0.0440. The molecule has 0 aliphatic heterocycles. The van der Waals surface area contributed by atoms with Crippen molar-refractivity contribution >= 4 is 39.1 Å². The van der Waals surface area contributed by atoms with Gasteiger partial charge in [-0.2, -0.15) is 9.49 Å². The Hall–Kier alpha value is -4.09. The molecule has 0 bridgehead atoms. The van der Waals surface area contributed by atoms with Gasteiger partial charge in [-0.15, -0.1) is 0 Å². The number of carbonyl (C=O) groups excluding carboxylic acids is 1. The summed E-state index contributed by atoms with van der Waals surface area (Å²) in [5, 5.41) is 4.40. The summed E-state index contributed by atoms with van der Waals surface area (Å²) in [6, 6.07) is 9.06. The molecule has 0 spiro atoms. The quantitative estimate of drug-likeness (QED) is 0.266. The highest BCUT2D eigenvalue weighted by molar-refractivity contribution is 7.89. The molecule has 12 heteroatoms. The van der Waals surface area contributed by atoms with E-state index in [9.17, 15) is 22.0 Å². The number of rotatable bonds is 7. The number of fused-ring (bicyclic) bond motifs is 1. The maximum Gasteiger partial charge on any atom is 0.201 e. The second-order valence-corrected chi connectivity index (χ2v) is 12.0. The second-order valence-electron chi connectivity index (χ2n) is 9.47. The van der Waals surface area contributed by atoms with Crippen molar-refractivity contribution < 1.29 is 31.1 Å². The monoisotopic (exact) mass is 587 g/mol. The van der Waals surface area contributed by atoms with Gasteiger partial charge in [0, 0.05) is 29.3 Å². The van der Waals surface area contributed by atoms with Crippen LogP contribution in [-0.2, 0) is 22.0 Å². The first-order chi connectivity index (χ1) is 18.8. The number of halogens is 4. The molecule has 7 nitrogen and oxygen atoms in total. The van der Waals surface area contributed by atoms with Gasteiger partial charge in [-0.05, 0) is 59.5 Å². The summed E-state index contributed by atoms with van der Waals surface area (Å²) < 4.78 is 72.6. The highest BCUT2D eigenvalue weighted by Crippen LogP contribution is 2.35. The Kier molecular flexibility index (Phi) is 6.97. The number of nitrogens with two attached hydrogens (primary N) is 1. The highest BCUT2D eigenvalue weighted by Gasteiger charge is 2.26. The maximum atomic E-state index is 15.2. The standard InChI is InChI=1S/C28H21ClF3N3O4S/c1-14-6-19(39-24-5-3-4-22(30)25(24)32)11-23(31)26(14)35-28(33)20(12-34-35)27(36)17-7-15-9-18(13-40(2,37)38)21(29)10-16(15)8-17/h3-6,8-12H,7,13,33H2,1-2H3. The topological polar surface area (TPSA) is 104 Å². The molecule has 0 saturated heterocycles. The van der Waals surface area contributed by atoms with Crippen molar-refractivity contribution in [1.82, 2.24) is 9.78 Å². The van der Waals surface area contributed by atoms with Crippen LogP contribution in [0.4, 0.5) is 19.0 Å².